The van der Waals surface area contributed by atoms with Gasteiger partial charge in [-0.3, -0.25) is 9.36 Å². The molecular formula is C22H19FN4O2S. The first kappa shape index (κ1) is 19.9. The average molecular weight is 422 g/mol. The van der Waals surface area contributed by atoms with Crippen LogP contribution in [0.15, 0.2) is 76.5 Å². The van der Waals surface area contributed by atoms with Gasteiger partial charge < -0.3 is 9.73 Å². The van der Waals surface area contributed by atoms with E-state index in [0.29, 0.717) is 23.6 Å². The molecule has 30 heavy (non-hydrogen) atoms. The van der Waals surface area contributed by atoms with Crippen molar-refractivity contribution in [2.45, 2.75) is 24.4 Å². The van der Waals surface area contributed by atoms with E-state index < -0.39 is 0 Å². The highest BCUT2D eigenvalue weighted by Crippen LogP contribution is 2.25. The summed E-state index contributed by atoms with van der Waals surface area (Å²) in [4.78, 5) is 12.3. The van der Waals surface area contributed by atoms with Crippen molar-refractivity contribution < 1.29 is 13.6 Å². The molecule has 1 N–H and O–H groups in total. The first-order valence-electron chi connectivity index (χ1n) is 9.30. The summed E-state index contributed by atoms with van der Waals surface area (Å²) in [5.41, 5.74) is 2.44. The molecule has 152 valence electrons. The Hall–Kier alpha value is -3.39. The van der Waals surface area contributed by atoms with Crippen LogP contribution in [0.4, 0.5) is 4.39 Å². The van der Waals surface area contributed by atoms with E-state index in [1.807, 2.05) is 29.7 Å². The maximum absolute atomic E-state index is 13.2. The number of nitrogens with one attached hydrogen (secondary N) is 1. The molecule has 0 spiro atoms. The first-order chi connectivity index (χ1) is 14.6. The van der Waals surface area contributed by atoms with E-state index in [9.17, 15) is 9.18 Å². The fourth-order valence-corrected chi connectivity index (χ4v) is 3.86. The molecule has 2 aromatic heterocycles. The number of aryl methyl sites for hydroxylation is 1. The fourth-order valence-electron chi connectivity index (χ4n) is 2.91. The van der Waals surface area contributed by atoms with Gasteiger partial charge in [0.2, 0.25) is 0 Å². The highest BCUT2D eigenvalue weighted by atomic mass is 32.2. The van der Waals surface area contributed by atoms with E-state index in [1.165, 1.54) is 23.9 Å². The molecule has 0 aliphatic carbocycles. The second kappa shape index (κ2) is 8.96. The van der Waals surface area contributed by atoms with Crippen molar-refractivity contribution in [1.82, 2.24) is 20.1 Å². The number of aromatic nitrogens is 3. The Kier molecular flexibility index (Phi) is 5.94. The van der Waals surface area contributed by atoms with Crippen molar-refractivity contribution in [3.8, 4) is 5.69 Å². The minimum Gasteiger partial charge on any atom is -0.467 e. The van der Waals surface area contributed by atoms with Gasteiger partial charge in [-0.15, -0.1) is 10.2 Å². The Morgan fingerprint density at radius 2 is 1.87 bits per heavy atom. The van der Waals surface area contributed by atoms with Crippen LogP contribution >= 0.6 is 11.8 Å². The molecule has 0 radical (unpaired) electrons. The smallest absolute Gasteiger partial charge is 0.251 e. The van der Waals surface area contributed by atoms with Crippen LogP contribution in [0.25, 0.3) is 5.69 Å². The quantitative estimate of drug-likeness (QED) is 0.443. The minimum absolute atomic E-state index is 0.155. The molecule has 0 bridgehead atoms. The molecule has 0 aliphatic heterocycles. The van der Waals surface area contributed by atoms with Gasteiger partial charge in [-0.2, -0.15) is 0 Å². The third-order valence-corrected chi connectivity index (χ3v) is 5.47. The number of thioether (sulfide) groups is 1. The predicted octanol–water partition coefficient (Wildman–Crippen LogP) is 4.53. The molecule has 0 saturated carbocycles. The zero-order chi connectivity index (χ0) is 20.9. The number of halogens is 1. The van der Waals surface area contributed by atoms with Crippen LogP contribution in [-0.2, 0) is 12.3 Å². The lowest BCUT2D eigenvalue weighted by atomic mass is 10.1. The molecule has 4 rings (SSSR count). The number of hydrogen-bond acceptors (Lipinski definition) is 5. The summed E-state index contributed by atoms with van der Waals surface area (Å²) in [6.45, 7) is 2.21. The zero-order valence-electron chi connectivity index (χ0n) is 16.2. The molecule has 2 heterocycles. The predicted molar refractivity (Wildman–Crippen MR) is 112 cm³/mol. The van der Waals surface area contributed by atoms with Gasteiger partial charge in [-0.05, 0) is 61.0 Å². The van der Waals surface area contributed by atoms with Crippen molar-refractivity contribution in [3.05, 3.63) is 95.5 Å². The molecular weight excluding hydrogens is 403 g/mol. The summed E-state index contributed by atoms with van der Waals surface area (Å²) in [5.74, 6) is 1.65. The van der Waals surface area contributed by atoms with Gasteiger partial charge in [0.1, 0.15) is 17.4 Å². The van der Waals surface area contributed by atoms with Crippen LogP contribution < -0.4 is 5.32 Å². The summed E-state index contributed by atoms with van der Waals surface area (Å²) in [5, 5.41) is 11.9. The second-order valence-electron chi connectivity index (χ2n) is 6.59. The number of hydrogen-bond donors (Lipinski definition) is 1. The Morgan fingerprint density at radius 3 is 2.57 bits per heavy atom. The van der Waals surface area contributed by atoms with Crippen molar-refractivity contribution in [1.29, 1.82) is 0 Å². The Morgan fingerprint density at radius 1 is 1.10 bits per heavy atom. The second-order valence-corrected chi connectivity index (χ2v) is 7.53. The van der Waals surface area contributed by atoms with E-state index in [2.05, 4.69) is 15.5 Å². The molecule has 8 heteroatoms. The average Bonchev–Trinajstić information content (AvgIpc) is 3.41. The van der Waals surface area contributed by atoms with Crippen molar-refractivity contribution >= 4 is 17.7 Å². The van der Waals surface area contributed by atoms with Gasteiger partial charge >= 0.3 is 0 Å². The van der Waals surface area contributed by atoms with E-state index in [1.54, 1.807) is 36.6 Å². The number of nitrogens with zero attached hydrogens (tertiary/aromatic N) is 3. The lowest BCUT2D eigenvalue weighted by Gasteiger charge is -2.09. The lowest BCUT2D eigenvalue weighted by Crippen LogP contribution is -2.22. The van der Waals surface area contributed by atoms with Gasteiger partial charge in [0.25, 0.3) is 5.91 Å². The molecule has 0 fully saturated rings. The standard InChI is InChI=1S/C22H19FN4O2S/c1-15-25-26-22(27(15)19-10-8-18(23)9-11-19)30-14-16-4-6-17(7-5-16)21(28)24-13-20-3-2-12-29-20/h2-12H,13-14H2,1H3,(H,24,28). The molecule has 0 aliphatic rings. The van der Waals surface area contributed by atoms with Crippen LogP contribution in [0.1, 0.15) is 27.5 Å². The van der Waals surface area contributed by atoms with Crippen LogP contribution in [0, 0.1) is 12.7 Å². The molecule has 6 nitrogen and oxygen atoms in total. The maximum atomic E-state index is 13.2. The summed E-state index contributed by atoms with van der Waals surface area (Å²) in [7, 11) is 0. The Balaban J connectivity index is 1.39. The van der Waals surface area contributed by atoms with Crippen molar-refractivity contribution in [2.24, 2.45) is 0 Å². The molecule has 4 aromatic rings. The largest absolute Gasteiger partial charge is 0.467 e. The SMILES string of the molecule is Cc1nnc(SCc2ccc(C(=O)NCc3ccco3)cc2)n1-c1ccc(F)cc1. The summed E-state index contributed by atoms with van der Waals surface area (Å²) >= 11 is 1.53. The molecule has 1 amide bonds. The van der Waals surface area contributed by atoms with Crippen molar-refractivity contribution in [2.75, 3.05) is 0 Å². The third-order valence-electron chi connectivity index (χ3n) is 4.47. The minimum atomic E-state index is -0.285. The maximum Gasteiger partial charge on any atom is 0.251 e. The number of furan rings is 1. The summed E-state index contributed by atoms with van der Waals surface area (Å²) < 4.78 is 20.3. The van der Waals surface area contributed by atoms with Crippen molar-refractivity contribution in [3.63, 3.8) is 0 Å². The number of carbonyl (C=O) groups excluding carboxylic acids is 1. The number of amides is 1. The van der Waals surface area contributed by atoms with Gasteiger partial charge in [-0.25, -0.2) is 4.39 Å². The summed E-state index contributed by atoms with van der Waals surface area (Å²) in [6.07, 6.45) is 1.58. The zero-order valence-corrected chi connectivity index (χ0v) is 17.0. The highest BCUT2D eigenvalue weighted by molar-refractivity contribution is 7.98. The summed E-state index contributed by atoms with van der Waals surface area (Å²) in [6, 6.07) is 17.3. The molecule has 0 saturated heterocycles. The number of rotatable bonds is 7. The van der Waals surface area contributed by atoms with E-state index >= 15 is 0 Å². The van der Waals surface area contributed by atoms with Gasteiger partial charge in [0, 0.05) is 17.0 Å². The normalized spacial score (nSPS) is 10.9. The molecule has 0 unspecified atom stereocenters. The van der Waals surface area contributed by atoms with Crippen LogP contribution in [-0.4, -0.2) is 20.7 Å². The van der Waals surface area contributed by atoms with Gasteiger partial charge in [0.05, 0.1) is 12.8 Å². The van der Waals surface area contributed by atoms with Gasteiger partial charge in [0.15, 0.2) is 5.16 Å². The third kappa shape index (κ3) is 4.60. The molecule has 0 atom stereocenters. The molecule has 2 aromatic carbocycles. The Bertz CT molecular complexity index is 1120. The first-order valence-corrected chi connectivity index (χ1v) is 10.3. The van der Waals surface area contributed by atoms with Crippen LogP contribution in [0.5, 0.6) is 0 Å². The number of carbonyl (C=O) groups is 1. The van der Waals surface area contributed by atoms with E-state index in [4.69, 9.17) is 4.42 Å². The van der Waals surface area contributed by atoms with Gasteiger partial charge in [-0.1, -0.05) is 23.9 Å². The topological polar surface area (TPSA) is 73.0 Å². The lowest BCUT2D eigenvalue weighted by molar-refractivity contribution is 0.0948. The highest BCUT2D eigenvalue weighted by Gasteiger charge is 2.12. The Labute approximate surface area is 177 Å². The van der Waals surface area contributed by atoms with E-state index in [0.717, 1.165) is 22.2 Å². The van der Waals surface area contributed by atoms with Crippen LogP contribution in [0.2, 0.25) is 0 Å². The van der Waals surface area contributed by atoms with E-state index in [-0.39, 0.29) is 11.7 Å². The van der Waals surface area contributed by atoms with Crippen LogP contribution in [0.3, 0.4) is 0 Å². The number of benzene rings is 2. The monoisotopic (exact) mass is 422 g/mol. The fraction of sp³-hybridized carbons (Fsp3) is 0.136.